The maximum absolute atomic E-state index is 4.60. The monoisotopic (exact) mass is 324 g/mol. The molecule has 2 nitrogen and oxygen atoms in total. The van der Waals surface area contributed by atoms with Crippen molar-refractivity contribution >= 4 is 34.2 Å². The first-order chi connectivity index (χ1) is 10.6. The first-order valence-corrected chi connectivity index (χ1v) is 8.96. The van der Waals surface area contributed by atoms with Crippen LogP contribution in [0.5, 0.6) is 0 Å². The number of fused-ring (bicyclic) bond motifs is 1. The van der Waals surface area contributed by atoms with Crippen molar-refractivity contribution in [3.8, 4) is 20.2 Å². The van der Waals surface area contributed by atoms with Crippen molar-refractivity contribution in [3.05, 3.63) is 47.5 Å². The van der Waals surface area contributed by atoms with E-state index in [9.17, 15) is 0 Å². The van der Waals surface area contributed by atoms with Crippen LogP contribution < -0.4 is 0 Å². The van der Waals surface area contributed by atoms with E-state index in [0.29, 0.717) is 0 Å². The van der Waals surface area contributed by atoms with Crippen molar-refractivity contribution in [1.29, 1.82) is 0 Å². The number of hydrogen-bond acceptors (Lipinski definition) is 4. The lowest BCUT2D eigenvalue weighted by molar-refractivity contribution is 0.731. The van der Waals surface area contributed by atoms with Gasteiger partial charge in [0.2, 0.25) is 0 Å². The summed E-state index contributed by atoms with van der Waals surface area (Å²) in [6.07, 6.45) is 1.95. The van der Waals surface area contributed by atoms with E-state index >= 15 is 0 Å². The zero-order valence-corrected chi connectivity index (χ0v) is 14.4. The Bertz CT molecular complexity index is 870. The zero-order chi connectivity index (χ0) is 15.3. The van der Waals surface area contributed by atoms with Crippen molar-refractivity contribution in [2.24, 2.45) is 4.99 Å². The Labute approximate surface area is 138 Å². The second kappa shape index (κ2) is 4.86. The summed E-state index contributed by atoms with van der Waals surface area (Å²) in [6.45, 7) is 6.52. The minimum Gasteiger partial charge on any atom is -0.237 e. The minimum atomic E-state index is -0.0216. The fourth-order valence-electron chi connectivity index (χ4n) is 2.68. The molecule has 1 aliphatic rings. The molecule has 0 aliphatic carbocycles. The molecule has 0 aromatic carbocycles. The van der Waals surface area contributed by atoms with Crippen molar-refractivity contribution in [3.63, 3.8) is 0 Å². The van der Waals surface area contributed by atoms with Crippen LogP contribution in [0.3, 0.4) is 0 Å². The molecule has 0 atom stereocenters. The lowest BCUT2D eigenvalue weighted by Crippen LogP contribution is -2.22. The summed E-state index contributed by atoms with van der Waals surface area (Å²) in [5.41, 5.74) is 3.53. The summed E-state index contributed by atoms with van der Waals surface area (Å²) in [5, 5.41) is 2.12. The molecule has 0 spiro atoms. The minimum absolute atomic E-state index is 0.0216. The van der Waals surface area contributed by atoms with Crippen LogP contribution in [0.4, 0.5) is 5.82 Å². The standard InChI is InChI=1S/C18H16N2S2/c1-11-18(2,3)13-9-12(10-19-17(13)20-11)14-6-7-16(22-14)15-5-4-8-21-15/h4-10H,1-3H3. The second-order valence-electron chi connectivity index (χ2n) is 6.06. The Morgan fingerprint density at radius 3 is 2.64 bits per heavy atom. The number of aromatic nitrogens is 1. The van der Waals surface area contributed by atoms with Crippen LogP contribution in [0, 0.1) is 0 Å². The smallest absolute Gasteiger partial charge is 0.155 e. The first kappa shape index (κ1) is 13.9. The van der Waals surface area contributed by atoms with Gasteiger partial charge >= 0.3 is 0 Å². The largest absolute Gasteiger partial charge is 0.237 e. The van der Waals surface area contributed by atoms with E-state index in [-0.39, 0.29) is 5.41 Å². The lowest BCUT2D eigenvalue weighted by atomic mass is 9.82. The summed E-state index contributed by atoms with van der Waals surface area (Å²) >= 11 is 3.60. The SMILES string of the molecule is CC1=Nc2ncc(-c3ccc(-c4cccs4)s3)cc2C1(C)C. The van der Waals surface area contributed by atoms with E-state index in [0.717, 1.165) is 11.5 Å². The number of aliphatic imine (C=N–C) groups is 1. The summed E-state index contributed by atoms with van der Waals surface area (Å²) in [6, 6.07) is 10.9. The molecule has 0 fully saturated rings. The zero-order valence-electron chi connectivity index (χ0n) is 12.8. The molecule has 3 aromatic rings. The molecule has 0 saturated heterocycles. The van der Waals surface area contributed by atoms with Gasteiger partial charge in [-0.3, -0.25) is 0 Å². The van der Waals surface area contributed by atoms with E-state index in [4.69, 9.17) is 0 Å². The molecule has 0 bridgehead atoms. The van der Waals surface area contributed by atoms with Gasteiger partial charge < -0.3 is 0 Å². The van der Waals surface area contributed by atoms with Crippen molar-refractivity contribution < 1.29 is 0 Å². The predicted molar refractivity (Wildman–Crippen MR) is 96.7 cm³/mol. The molecule has 0 amide bonds. The number of hydrogen-bond donors (Lipinski definition) is 0. The van der Waals surface area contributed by atoms with E-state index in [1.807, 2.05) is 17.5 Å². The van der Waals surface area contributed by atoms with Crippen LogP contribution in [-0.2, 0) is 5.41 Å². The average Bonchev–Trinajstić information content (AvgIpc) is 3.21. The molecular weight excluding hydrogens is 308 g/mol. The van der Waals surface area contributed by atoms with Crippen LogP contribution in [0.25, 0.3) is 20.2 Å². The maximum Gasteiger partial charge on any atom is 0.155 e. The summed E-state index contributed by atoms with van der Waals surface area (Å²) in [4.78, 5) is 13.1. The van der Waals surface area contributed by atoms with Gasteiger partial charge in [-0.2, -0.15) is 0 Å². The third kappa shape index (κ3) is 2.06. The highest BCUT2D eigenvalue weighted by molar-refractivity contribution is 7.23. The van der Waals surface area contributed by atoms with Crippen LogP contribution in [0.2, 0.25) is 0 Å². The molecule has 4 heterocycles. The predicted octanol–water partition coefficient (Wildman–Crippen LogP) is 5.92. The van der Waals surface area contributed by atoms with E-state index in [2.05, 4.69) is 66.5 Å². The number of rotatable bonds is 2. The van der Waals surface area contributed by atoms with Gasteiger partial charge in [-0.15, -0.1) is 22.7 Å². The van der Waals surface area contributed by atoms with E-state index in [1.165, 1.54) is 25.8 Å². The highest BCUT2D eigenvalue weighted by Gasteiger charge is 2.33. The van der Waals surface area contributed by atoms with Gasteiger partial charge in [0, 0.05) is 43.1 Å². The van der Waals surface area contributed by atoms with Crippen LogP contribution >= 0.6 is 22.7 Å². The fraction of sp³-hybridized carbons (Fsp3) is 0.222. The normalized spacial score (nSPS) is 15.7. The number of thiophene rings is 2. The fourth-order valence-corrected chi connectivity index (χ4v) is 4.50. The van der Waals surface area contributed by atoms with Crippen molar-refractivity contribution in [1.82, 2.24) is 4.98 Å². The molecule has 110 valence electrons. The molecule has 0 unspecified atom stereocenters. The third-order valence-electron chi connectivity index (χ3n) is 4.37. The molecule has 1 aliphatic heterocycles. The molecule has 22 heavy (non-hydrogen) atoms. The van der Waals surface area contributed by atoms with Gasteiger partial charge in [-0.05, 0) is 36.6 Å². The van der Waals surface area contributed by atoms with Gasteiger partial charge in [-0.25, -0.2) is 9.98 Å². The number of pyridine rings is 1. The van der Waals surface area contributed by atoms with E-state index in [1.54, 1.807) is 11.3 Å². The Morgan fingerprint density at radius 2 is 1.86 bits per heavy atom. The van der Waals surface area contributed by atoms with Crippen LogP contribution in [0.15, 0.2) is 46.9 Å². The average molecular weight is 324 g/mol. The van der Waals surface area contributed by atoms with Gasteiger partial charge in [0.15, 0.2) is 5.82 Å². The van der Waals surface area contributed by atoms with Gasteiger partial charge in [-0.1, -0.05) is 19.9 Å². The Balaban J connectivity index is 1.76. The Hall–Kier alpha value is -1.78. The second-order valence-corrected chi connectivity index (χ2v) is 8.09. The highest BCUT2D eigenvalue weighted by Crippen LogP contribution is 2.42. The molecule has 3 aromatic heterocycles. The molecule has 0 saturated carbocycles. The summed E-state index contributed by atoms with van der Waals surface area (Å²) < 4.78 is 0. The van der Waals surface area contributed by atoms with Gasteiger partial charge in [0.05, 0.1) is 0 Å². The van der Waals surface area contributed by atoms with Crippen molar-refractivity contribution in [2.75, 3.05) is 0 Å². The molecule has 4 heteroatoms. The molecular formula is C18H16N2S2. The topological polar surface area (TPSA) is 25.2 Å². The highest BCUT2D eigenvalue weighted by atomic mass is 32.1. The lowest BCUT2D eigenvalue weighted by Gasteiger charge is -2.19. The van der Waals surface area contributed by atoms with Crippen molar-refractivity contribution in [2.45, 2.75) is 26.2 Å². The van der Waals surface area contributed by atoms with Gasteiger partial charge in [0.25, 0.3) is 0 Å². The molecule has 4 rings (SSSR count). The summed E-state index contributed by atoms with van der Waals surface area (Å²) in [7, 11) is 0. The van der Waals surface area contributed by atoms with E-state index < -0.39 is 0 Å². The summed E-state index contributed by atoms with van der Waals surface area (Å²) in [5.74, 6) is 0.876. The first-order valence-electron chi connectivity index (χ1n) is 7.26. The maximum atomic E-state index is 4.60. The molecule has 0 N–H and O–H groups in total. The van der Waals surface area contributed by atoms with Gasteiger partial charge in [0.1, 0.15) is 0 Å². The van der Waals surface area contributed by atoms with Crippen LogP contribution in [0.1, 0.15) is 26.3 Å². The molecule has 0 radical (unpaired) electrons. The third-order valence-corrected chi connectivity index (χ3v) is 6.57. The Morgan fingerprint density at radius 1 is 1.05 bits per heavy atom. The number of nitrogens with zero attached hydrogens (tertiary/aromatic N) is 2. The van der Waals surface area contributed by atoms with Crippen LogP contribution in [-0.4, -0.2) is 10.7 Å². The quantitative estimate of drug-likeness (QED) is 0.574. The Kier molecular flexibility index (Phi) is 3.06.